The molecule has 0 radical (unpaired) electrons. The first-order valence-corrected chi connectivity index (χ1v) is 8.19. The SMILES string of the molecule is COc1c(C=O)cc(Cl)c(O[C@H]2CCc3c(Br)cccc32)c1F. The van der Waals surface area contributed by atoms with Crippen LogP contribution in [-0.4, -0.2) is 13.4 Å². The molecule has 0 saturated heterocycles. The van der Waals surface area contributed by atoms with Crippen LogP contribution in [0.1, 0.15) is 34.0 Å². The first kappa shape index (κ1) is 16.3. The van der Waals surface area contributed by atoms with E-state index < -0.39 is 5.82 Å². The van der Waals surface area contributed by atoms with Crippen LogP contribution in [0, 0.1) is 5.82 Å². The standard InChI is InChI=1S/C17H13BrClFO3/c1-22-16-9(8-21)7-13(19)17(15(16)20)23-14-6-5-10-11(14)3-2-4-12(10)18/h2-4,7-8,14H,5-6H2,1H3/t14-/m0/s1. The fourth-order valence-corrected chi connectivity index (χ4v) is 3.67. The Morgan fingerprint density at radius 1 is 1.39 bits per heavy atom. The average Bonchev–Trinajstić information content (AvgIpc) is 2.95. The van der Waals surface area contributed by atoms with E-state index in [1.165, 1.54) is 13.2 Å². The molecule has 2 aromatic rings. The van der Waals surface area contributed by atoms with Crippen LogP contribution in [0.5, 0.6) is 11.5 Å². The maximum absolute atomic E-state index is 14.6. The number of ether oxygens (including phenoxy) is 2. The van der Waals surface area contributed by atoms with Gasteiger partial charge in [0.05, 0.1) is 17.7 Å². The smallest absolute Gasteiger partial charge is 0.209 e. The minimum absolute atomic E-state index is 0.0499. The van der Waals surface area contributed by atoms with Gasteiger partial charge in [0.2, 0.25) is 5.82 Å². The molecule has 1 aliphatic rings. The van der Waals surface area contributed by atoms with E-state index in [0.29, 0.717) is 6.29 Å². The van der Waals surface area contributed by atoms with Crippen molar-refractivity contribution >= 4 is 33.8 Å². The summed E-state index contributed by atoms with van der Waals surface area (Å²) in [5.41, 5.74) is 2.22. The molecule has 6 heteroatoms. The zero-order valence-corrected chi connectivity index (χ0v) is 14.6. The fraction of sp³-hybridized carbons (Fsp3) is 0.235. The molecule has 0 saturated carbocycles. The van der Waals surface area contributed by atoms with Crippen molar-refractivity contribution in [3.63, 3.8) is 0 Å². The Labute approximate surface area is 146 Å². The molecule has 0 unspecified atom stereocenters. The third kappa shape index (κ3) is 2.83. The zero-order valence-electron chi connectivity index (χ0n) is 12.2. The highest BCUT2D eigenvalue weighted by molar-refractivity contribution is 9.10. The Hall–Kier alpha value is -1.59. The Balaban J connectivity index is 2.00. The lowest BCUT2D eigenvalue weighted by Crippen LogP contribution is -2.07. The summed E-state index contributed by atoms with van der Waals surface area (Å²) >= 11 is 9.61. The number of benzene rings is 2. The highest BCUT2D eigenvalue weighted by Gasteiger charge is 2.28. The van der Waals surface area contributed by atoms with Crippen LogP contribution < -0.4 is 9.47 Å². The molecule has 1 aliphatic carbocycles. The van der Waals surface area contributed by atoms with Gasteiger partial charge in [-0.25, -0.2) is 0 Å². The van der Waals surface area contributed by atoms with E-state index in [1.807, 2.05) is 18.2 Å². The van der Waals surface area contributed by atoms with E-state index in [2.05, 4.69) is 15.9 Å². The van der Waals surface area contributed by atoms with Gasteiger partial charge in [0.25, 0.3) is 0 Å². The number of hydrogen-bond acceptors (Lipinski definition) is 3. The molecule has 0 aliphatic heterocycles. The minimum Gasteiger partial charge on any atom is -0.493 e. The third-order valence-electron chi connectivity index (χ3n) is 3.91. The number of halogens is 3. The highest BCUT2D eigenvalue weighted by atomic mass is 79.9. The van der Waals surface area contributed by atoms with E-state index in [4.69, 9.17) is 21.1 Å². The number of methoxy groups -OCH3 is 1. The van der Waals surface area contributed by atoms with Gasteiger partial charge in [0.1, 0.15) is 6.10 Å². The van der Waals surface area contributed by atoms with Crippen LogP contribution in [0.15, 0.2) is 28.7 Å². The quantitative estimate of drug-likeness (QED) is 0.669. The van der Waals surface area contributed by atoms with Crippen molar-refractivity contribution in [1.82, 2.24) is 0 Å². The molecular formula is C17H13BrClFO3. The second kappa shape index (κ2) is 6.49. The van der Waals surface area contributed by atoms with Crippen LogP contribution in [-0.2, 0) is 6.42 Å². The molecule has 3 nitrogen and oxygen atoms in total. The number of rotatable bonds is 4. The molecule has 0 amide bonds. The van der Waals surface area contributed by atoms with Gasteiger partial charge in [-0.1, -0.05) is 39.7 Å². The Morgan fingerprint density at radius 2 is 2.17 bits per heavy atom. The van der Waals surface area contributed by atoms with E-state index in [9.17, 15) is 9.18 Å². The number of aldehydes is 1. The van der Waals surface area contributed by atoms with E-state index >= 15 is 0 Å². The van der Waals surface area contributed by atoms with Crippen LogP contribution in [0.3, 0.4) is 0 Å². The van der Waals surface area contributed by atoms with Gasteiger partial charge in [0, 0.05) is 4.47 Å². The molecular weight excluding hydrogens is 387 g/mol. The van der Waals surface area contributed by atoms with Crippen LogP contribution in [0.4, 0.5) is 4.39 Å². The molecule has 0 fully saturated rings. The normalized spacial score (nSPS) is 16.1. The first-order valence-electron chi connectivity index (χ1n) is 7.02. The van der Waals surface area contributed by atoms with Crippen molar-refractivity contribution in [1.29, 1.82) is 0 Å². The summed E-state index contributed by atoms with van der Waals surface area (Å²) in [4.78, 5) is 11.0. The number of fused-ring (bicyclic) bond motifs is 1. The molecule has 1 atom stereocenters. The van der Waals surface area contributed by atoms with Crippen molar-refractivity contribution in [3.8, 4) is 11.5 Å². The first-order chi connectivity index (χ1) is 11.1. The van der Waals surface area contributed by atoms with Gasteiger partial charge in [-0.2, -0.15) is 4.39 Å². The number of carbonyl (C=O) groups excluding carboxylic acids is 1. The largest absolute Gasteiger partial charge is 0.493 e. The molecule has 0 spiro atoms. The summed E-state index contributed by atoms with van der Waals surface area (Å²) in [6.07, 6.45) is 1.77. The molecule has 0 heterocycles. The summed E-state index contributed by atoms with van der Waals surface area (Å²) in [5, 5.41) is 0.0499. The maximum atomic E-state index is 14.6. The van der Waals surface area contributed by atoms with Gasteiger partial charge >= 0.3 is 0 Å². The van der Waals surface area contributed by atoms with Gasteiger partial charge in [-0.05, 0) is 36.1 Å². The topological polar surface area (TPSA) is 35.5 Å². The zero-order chi connectivity index (χ0) is 16.6. The van der Waals surface area contributed by atoms with Gasteiger partial charge < -0.3 is 9.47 Å². The van der Waals surface area contributed by atoms with Crippen molar-refractivity contribution in [2.75, 3.05) is 7.11 Å². The van der Waals surface area contributed by atoms with Crippen molar-refractivity contribution in [2.45, 2.75) is 18.9 Å². The van der Waals surface area contributed by atoms with Gasteiger partial charge in [0.15, 0.2) is 17.8 Å². The monoisotopic (exact) mass is 398 g/mol. The Bertz CT molecular complexity index is 779. The molecule has 2 aromatic carbocycles. The number of carbonyl (C=O) groups is 1. The van der Waals surface area contributed by atoms with Crippen molar-refractivity contribution in [3.05, 3.63) is 56.3 Å². The molecule has 0 N–H and O–H groups in total. The molecule has 0 bridgehead atoms. The predicted octanol–water partition coefficient (Wildman–Crippen LogP) is 5.13. The molecule has 23 heavy (non-hydrogen) atoms. The second-order valence-corrected chi connectivity index (χ2v) is 6.46. The lowest BCUT2D eigenvalue weighted by atomic mass is 10.1. The van der Waals surface area contributed by atoms with Crippen molar-refractivity contribution < 1.29 is 18.7 Å². The summed E-state index contributed by atoms with van der Waals surface area (Å²) < 4.78 is 26.4. The lowest BCUT2D eigenvalue weighted by Gasteiger charge is -2.18. The average molecular weight is 400 g/mol. The summed E-state index contributed by atoms with van der Waals surface area (Å²) in [6, 6.07) is 7.19. The number of hydrogen-bond donors (Lipinski definition) is 0. The predicted molar refractivity (Wildman–Crippen MR) is 89.2 cm³/mol. The Kier molecular flexibility index (Phi) is 4.60. The maximum Gasteiger partial charge on any atom is 0.209 e. The van der Waals surface area contributed by atoms with Gasteiger partial charge in [-0.3, -0.25) is 4.79 Å². The Morgan fingerprint density at radius 3 is 2.87 bits per heavy atom. The lowest BCUT2D eigenvalue weighted by molar-refractivity contribution is 0.111. The van der Waals surface area contributed by atoms with Crippen LogP contribution in [0.2, 0.25) is 5.02 Å². The van der Waals surface area contributed by atoms with Crippen molar-refractivity contribution in [2.24, 2.45) is 0 Å². The summed E-state index contributed by atoms with van der Waals surface area (Å²) in [7, 11) is 1.30. The third-order valence-corrected chi connectivity index (χ3v) is 4.93. The fourth-order valence-electron chi connectivity index (χ4n) is 2.84. The summed E-state index contributed by atoms with van der Waals surface area (Å²) in [6.45, 7) is 0. The van der Waals surface area contributed by atoms with Crippen LogP contribution >= 0.6 is 27.5 Å². The molecule has 0 aromatic heterocycles. The van der Waals surface area contributed by atoms with E-state index in [0.717, 1.165) is 28.4 Å². The van der Waals surface area contributed by atoms with E-state index in [1.54, 1.807) is 0 Å². The second-order valence-electron chi connectivity index (χ2n) is 5.19. The highest BCUT2D eigenvalue weighted by Crippen LogP contribution is 2.43. The van der Waals surface area contributed by atoms with Gasteiger partial charge in [-0.15, -0.1) is 0 Å². The molecule has 120 valence electrons. The minimum atomic E-state index is -0.759. The summed E-state index contributed by atoms with van der Waals surface area (Å²) in [5.74, 6) is -1.01. The van der Waals surface area contributed by atoms with E-state index in [-0.39, 0.29) is 28.2 Å². The molecule has 3 rings (SSSR count). The van der Waals surface area contributed by atoms with Crippen LogP contribution in [0.25, 0.3) is 0 Å².